The summed E-state index contributed by atoms with van der Waals surface area (Å²) in [7, 11) is 4.41. The van der Waals surface area contributed by atoms with Crippen molar-refractivity contribution >= 4 is 23.1 Å². The van der Waals surface area contributed by atoms with Crippen LogP contribution >= 0.6 is 23.1 Å². The largest absolute Gasteiger partial charge is 0.311 e. The minimum atomic E-state index is 0.376. The molecule has 4 heteroatoms. The maximum Gasteiger partial charge on any atom is 0.0425 e. The summed E-state index contributed by atoms with van der Waals surface area (Å²) in [5.41, 5.74) is 1.78. The van der Waals surface area contributed by atoms with Crippen molar-refractivity contribution in [2.75, 3.05) is 32.1 Å². The van der Waals surface area contributed by atoms with Crippen LogP contribution < -0.4 is 5.32 Å². The van der Waals surface area contributed by atoms with Crippen LogP contribution in [0.3, 0.4) is 0 Å². The highest BCUT2D eigenvalue weighted by Crippen LogP contribution is 2.31. The zero-order valence-electron chi connectivity index (χ0n) is 10.0. The number of hydrogen-bond donors (Lipinski definition) is 1. The van der Waals surface area contributed by atoms with Crippen LogP contribution in [0, 0.1) is 0 Å². The Hall–Kier alpha value is -0.0300. The van der Waals surface area contributed by atoms with Gasteiger partial charge in [0, 0.05) is 24.4 Å². The summed E-state index contributed by atoms with van der Waals surface area (Å²) in [5, 5.41) is 7.97. The van der Waals surface area contributed by atoms with E-state index in [2.05, 4.69) is 52.9 Å². The summed E-state index contributed by atoms with van der Waals surface area (Å²) in [6, 6.07) is 2.20. The second-order valence-electron chi connectivity index (χ2n) is 4.66. The molecule has 0 saturated carbocycles. The number of thioether (sulfide) groups is 1. The third-order valence-corrected chi connectivity index (χ3v) is 5.36. The van der Waals surface area contributed by atoms with Gasteiger partial charge in [-0.15, -0.1) is 0 Å². The summed E-state index contributed by atoms with van der Waals surface area (Å²) in [6.07, 6.45) is 1.31. The highest BCUT2D eigenvalue weighted by atomic mass is 32.2. The Morgan fingerprint density at radius 2 is 2.38 bits per heavy atom. The van der Waals surface area contributed by atoms with E-state index >= 15 is 0 Å². The predicted molar refractivity (Wildman–Crippen MR) is 74.4 cm³/mol. The first-order valence-electron chi connectivity index (χ1n) is 5.70. The summed E-state index contributed by atoms with van der Waals surface area (Å²) >= 11 is 3.85. The van der Waals surface area contributed by atoms with Crippen molar-refractivity contribution in [3.05, 3.63) is 22.4 Å². The Labute approximate surface area is 106 Å². The third-order valence-electron chi connectivity index (χ3n) is 3.39. The highest BCUT2D eigenvalue weighted by molar-refractivity contribution is 7.99. The number of nitrogens with one attached hydrogen (secondary N) is 1. The Kier molecular flexibility index (Phi) is 4.30. The van der Waals surface area contributed by atoms with Crippen LogP contribution in [0.5, 0.6) is 0 Å². The van der Waals surface area contributed by atoms with Crippen molar-refractivity contribution < 1.29 is 0 Å². The van der Waals surface area contributed by atoms with E-state index in [0.717, 1.165) is 13.1 Å². The predicted octanol–water partition coefficient (Wildman–Crippen LogP) is 2.28. The SMILES string of the molecule is CN(C)C1(CNCc2ccsc2)CCSC1. The normalized spacial score (nSPS) is 25.4. The number of hydrogen-bond acceptors (Lipinski definition) is 4. The van der Waals surface area contributed by atoms with Gasteiger partial charge in [0.05, 0.1) is 0 Å². The van der Waals surface area contributed by atoms with Crippen LogP contribution in [0.2, 0.25) is 0 Å². The maximum absolute atomic E-state index is 3.60. The summed E-state index contributed by atoms with van der Waals surface area (Å²) in [6.45, 7) is 2.10. The Balaban J connectivity index is 1.83. The van der Waals surface area contributed by atoms with E-state index in [0.29, 0.717) is 5.54 Å². The van der Waals surface area contributed by atoms with Crippen LogP contribution in [-0.2, 0) is 6.54 Å². The second kappa shape index (κ2) is 5.54. The molecule has 16 heavy (non-hydrogen) atoms. The van der Waals surface area contributed by atoms with E-state index in [1.165, 1.54) is 23.5 Å². The molecule has 0 radical (unpaired) electrons. The fourth-order valence-electron chi connectivity index (χ4n) is 2.08. The van der Waals surface area contributed by atoms with Crippen molar-refractivity contribution in [2.24, 2.45) is 0 Å². The minimum Gasteiger partial charge on any atom is -0.311 e. The van der Waals surface area contributed by atoms with Gasteiger partial charge in [0.25, 0.3) is 0 Å². The van der Waals surface area contributed by atoms with E-state index in [-0.39, 0.29) is 0 Å². The number of nitrogens with zero attached hydrogens (tertiary/aromatic N) is 1. The lowest BCUT2D eigenvalue weighted by atomic mass is 9.97. The van der Waals surface area contributed by atoms with Crippen LogP contribution in [0.15, 0.2) is 16.8 Å². The third kappa shape index (κ3) is 2.80. The fourth-order valence-corrected chi connectivity index (χ4v) is 4.30. The molecule has 0 spiro atoms. The minimum absolute atomic E-state index is 0.376. The quantitative estimate of drug-likeness (QED) is 0.870. The molecule has 0 aromatic carbocycles. The first kappa shape index (κ1) is 12.4. The maximum atomic E-state index is 3.60. The zero-order chi connectivity index (χ0) is 11.4. The summed E-state index contributed by atoms with van der Waals surface area (Å²) in [4.78, 5) is 2.40. The average Bonchev–Trinajstić information content (AvgIpc) is 2.88. The van der Waals surface area contributed by atoms with Gasteiger partial charge in [-0.05, 0) is 48.7 Å². The Morgan fingerprint density at radius 1 is 1.50 bits per heavy atom. The molecule has 1 aromatic heterocycles. The molecule has 0 aliphatic carbocycles. The van der Waals surface area contributed by atoms with Gasteiger partial charge < -0.3 is 10.2 Å². The molecule has 2 nitrogen and oxygen atoms in total. The van der Waals surface area contributed by atoms with Gasteiger partial charge in [0.2, 0.25) is 0 Å². The van der Waals surface area contributed by atoms with Crippen molar-refractivity contribution in [1.29, 1.82) is 0 Å². The summed E-state index contributed by atoms with van der Waals surface area (Å²) < 4.78 is 0. The molecule has 1 N–H and O–H groups in total. The van der Waals surface area contributed by atoms with E-state index in [1.807, 2.05) is 0 Å². The van der Waals surface area contributed by atoms with Crippen LogP contribution in [0.4, 0.5) is 0 Å². The van der Waals surface area contributed by atoms with Gasteiger partial charge in [-0.1, -0.05) is 0 Å². The molecule has 2 heterocycles. The monoisotopic (exact) mass is 256 g/mol. The molecular weight excluding hydrogens is 236 g/mol. The zero-order valence-corrected chi connectivity index (χ0v) is 11.7. The van der Waals surface area contributed by atoms with E-state index in [1.54, 1.807) is 11.3 Å². The van der Waals surface area contributed by atoms with E-state index in [9.17, 15) is 0 Å². The van der Waals surface area contributed by atoms with Crippen LogP contribution in [0.25, 0.3) is 0 Å². The lowest BCUT2D eigenvalue weighted by molar-refractivity contribution is 0.175. The van der Waals surface area contributed by atoms with Gasteiger partial charge in [-0.25, -0.2) is 0 Å². The van der Waals surface area contributed by atoms with Crippen LogP contribution in [-0.4, -0.2) is 42.6 Å². The van der Waals surface area contributed by atoms with Crippen LogP contribution in [0.1, 0.15) is 12.0 Å². The molecule has 2 rings (SSSR count). The molecule has 1 aliphatic rings. The van der Waals surface area contributed by atoms with Gasteiger partial charge >= 0.3 is 0 Å². The molecule has 1 saturated heterocycles. The molecular formula is C12H20N2S2. The van der Waals surface area contributed by atoms with Gasteiger partial charge in [0.1, 0.15) is 0 Å². The molecule has 90 valence electrons. The fraction of sp³-hybridized carbons (Fsp3) is 0.667. The molecule has 1 aromatic rings. The van der Waals surface area contributed by atoms with Gasteiger partial charge in [0.15, 0.2) is 0 Å². The molecule has 1 unspecified atom stereocenters. The van der Waals surface area contributed by atoms with E-state index in [4.69, 9.17) is 0 Å². The van der Waals surface area contributed by atoms with Gasteiger partial charge in [-0.2, -0.15) is 23.1 Å². The topological polar surface area (TPSA) is 15.3 Å². The van der Waals surface area contributed by atoms with Crippen molar-refractivity contribution in [3.63, 3.8) is 0 Å². The smallest absolute Gasteiger partial charge is 0.0425 e. The lowest BCUT2D eigenvalue weighted by Gasteiger charge is -2.36. The van der Waals surface area contributed by atoms with Crippen molar-refractivity contribution in [1.82, 2.24) is 10.2 Å². The number of rotatable bonds is 5. The molecule has 1 fully saturated rings. The molecule has 1 atom stereocenters. The second-order valence-corrected chi connectivity index (χ2v) is 6.54. The van der Waals surface area contributed by atoms with E-state index < -0.39 is 0 Å². The first-order valence-corrected chi connectivity index (χ1v) is 7.80. The van der Waals surface area contributed by atoms with Crippen molar-refractivity contribution in [3.8, 4) is 0 Å². The lowest BCUT2D eigenvalue weighted by Crippen LogP contribution is -2.51. The number of likely N-dealkylation sites (N-methyl/N-ethyl adjacent to an activating group) is 1. The molecule has 0 amide bonds. The first-order chi connectivity index (χ1) is 7.73. The molecule has 0 bridgehead atoms. The Bertz CT molecular complexity index is 303. The molecule has 1 aliphatic heterocycles. The number of thiophene rings is 1. The Morgan fingerprint density at radius 3 is 2.94 bits per heavy atom. The standard InChI is InChI=1S/C12H20N2S2/c1-14(2)12(4-6-16-10-12)9-13-7-11-3-5-15-8-11/h3,5,8,13H,4,6-7,9-10H2,1-2H3. The van der Waals surface area contributed by atoms with Gasteiger partial charge in [-0.3, -0.25) is 0 Å². The highest BCUT2D eigenvalue weighted by Gasteiger charge is 2.35. The van der Waals surface area contributed by atoms with Crippen molar-refractivity contribution in [2.45, 2.75) is 18.5 Å². The summed E-state index contributed by atoms with van der Waals surface area (Å²) in [5.74, 6) is 2.56. The average molecular weight is 256 g/mol.